The zero-order valence-electron chi connectivity index (χ0n) is 20.3. The molecule has 180 valence electrons. The summed E-state index contributed by atoms with van der Waals surface area (Å²) >= 11 is 12.3. The highest BCUT2D eigenvalue weighted by atomic mass is 35.5. The van der Waals surface area contributed by atoms with Crippen LogP contribution in [-0.2, 0) is 22.6 Å². The highest BCUT2D eigenvalue weighted by Crippen LogP contribution is 2.24. The lowest BCUT2D eigenvalue weighted by Gasteiger charge is -2.31. The number of rotatable bonds is 11. The van der Waals surface area contributed by atoms with E-state index in [0.717, 1.165) is 17.5 Å². The minimum Gasteiger partial charge on any atom is -0.352 e. The fourth-order valence-corrected chi connectivity index (χ4v) is 3.98. The molecule has 0 unspecified atom stereocenters. The molecule has 0 saturated heterocycles. The molecule has 0 saturated carbocycles. The molecule has 6 heteroatoms. The molecule has 0 aliphatic carbocycles. The van der Waals surface area contributed by atoms with E-state index in [-0.39, 0.29) is 17.9 Å². The Morgan fingerprint density at radius 2 is 1.55 bits per heavy atom. The van der Waals surface area contributed by atoms with Crippen molar-refractivity contribution >= 4 is 35.0 Å². The van der Waals surface area contributed by atoms with E-state index < -0.39 is 6.04 Å². The van der Waals surface area contributed by atoms with Gasteiger partial charge in [0.2, 0.25) is 11.8 Å². The molecule has 2 aromatic carbocycles. The predicted molar refractivity (Wildman–Crippen MR) is 138 cm³/mol. The van der Waals surface area contributed by atoms with Crippen molar-refractivity contribution < 1.29 is 9.59 Å². The zero-order valence-corrected chi connectivity index (χ0v) is 21.8. The van der Waals surface area contributed by atoms with Crippen LogP contribution in [0.2, 0.25) is 10.0 Å². The molecule has 0 fully saturated rings. The molecule has 0 aliphatic rings. The molecule has 0 heterocycles. The van der Waals surface area contributed by atoms with Crippen LogP contribution in [0.15, 0.2) is 42.5 Å². The van der Waals surface area contributed by atoms with Gasteiger partial charge in [-0.3, -0.25) is 9.59 Å². The first-order valence-electron chi connectivity index (χ1n) is 11.8. The Morgan fingerprint density at radius 1 is 0.909 bits per heavy atom. The second-order valence-corrected chi connectivity index (χ2v) is 9.72. The Hall–Kier alpha value is -2.04. The monoisotopic (exact) mass is 490 g/mol. The van der Waals surface area contributed by atoms with Gasteiger partial charge < -0.3 is 10.2 Å². The molecule has 2 atom stereocenters. The zero-order chi connectivity index (χ0) is 24.5. The lowest BCUT2D eigenvalue weighted by molar-refractivity contribution is -0.141. The second-order valence-electron chi connectivity index (χ2n) is 8.91. The highest BCUT2D eigenvalue weighted by Gasteiger charge is 2.29. The number of hydrogen-bond donors (Lipinski definition) is 1. The molecule has 0 bridgehead atoms. The summed E-state index contributed by atoms with van der Waals surface area (Å²) in [5.74, 6) is 0.290. The smallest absolute Gasteiger partial charge is 0.243 e. The second kappa shape index (κ2) is 13.0. The number of aryl methyl sites for hydroxylation is 1. The Bertz CT molecular complexity index is 928. The van der Waals surface area contributed by atoms with E-state index >= 15 is 0 Å². The van der Waals surface area contributed by atoms with Gasteiger partial charge in [-0.2, -0.15) is 0 Å². The Kier molecular flexibility index (Phi) is 10.7. The van der Waals surface area contributed by atoms with Crippen LogP contribution >= 0.6 is 23.2 Å². The molecule has 2 amide bonds. The molecule has 0 aliphatic heterocycles. The molecular formula is C27H36Cl2N2O2. The van der Waals surface area contributed by atoms with Crippen molar-refractivity contribution in [3.8, 4) is 0 Å². The van der Waals surface area contributed by atoms with Gasteiger partial charge in [0.25, 0.3) is 0 Å². The van der Waals surface area contributed by atoms with Crippen LogP contribution in [0.4, 0.5) is 0 Å². The molecule has 4 nitrogen and oxygen atoms in total. The van der Waals surface area contributed by atoms with Crippen molar-refractivity contribution in [2.45, 2.75) is 84.8 Å². The van der Waals surface area contributed by atoms with E-state index in [1.165, 1.54) is 5.56 Å². The van der Waals surface area contributed by atoms with Crippen molar-refractivity contribution in [2.75, 3.05) is 0 Å². The maximum Gasteiger partial charge on any atom is 0.243 e. The SMILES string of the molecule is CC[C@H](C)NC(=O)[C@H](CC)N(Cc1ccc(Cl)c(Cl)c1)C(=O)CCc1ccc(C(C)C)cc1. The summed E-state index contributed by atoms with van der Waals surface area (Å²) in [5.41, 5.74) is 3.23. The standard InChI is InChI=1S/C27H36Cl2N2O2/c1-6-19(5)30-27(33)25(7-2)31(17-21-10-14-23(28)24(29)16-21)26(32)15-11-20-8-12-22(13-9-20)18(3)4/h8-10,12-14,16,18-19,25H,6-7,11,15,17H2,1-5H3,(H,30,33)/t19-,25-/m0/s1. The number of nitrogens with zero attached hydrogens (tertiary/aromatic N) is 1. The number of halogens is 2. The molecule has 0 radical (unpaired) electrons. The summed E-state index contributed by atoms with van der Waals surface area (Å²) in [4.78, 5) is 28.1. The quantitative estimate of drug-likeness (QED) is 0.377. The minimum absolute atomic E-state index is 0.0490. The molecule has 2 rings (SSSR count). The van der Waals surface area contributed by atoms with Crippen molar-refractivity contribution in [3.05, 3.63) is 69.2 Å². The van der Waals surface area contributed by atoms with Gasteiger partial charge in [-0.1, -0.05) is 81.2 Å². The van der Waals surface area contributed by atoms with E-state index in [1.807, 2.05) is 26.8 Å². The summed E-state index contributed by atoms with van der Waals surface area (Å²) in [6, 6.07) is 13.2. The molecule has 0 aromatic heterocycles. The van der Waals surface area contributed by atoms with Crippen molar-refractivity contribution in [1.82, 2.24) is 10.2 Å². The summed E-state index contributed by atoms with van der Waals surface area (Å²) < 4.78 is 0. The van der Waals surface area contributed by atoms with Crippen LogP contribution in [0.5, 0.6) is 0 Å². The first-order valence-corrected chi connectivity index (χ1v) is 12.5. The number of amides is 2. The molecular weight excluding hydrogens is 455 g/mol. The van der Waals surface area contributed by atoms with Gasteiger partial charge in [-0.05, 0) is 60.9 Å². The minimum atomic E-state index is -0.552. The Balaban J connectivity index is 2.22. The van der Waals surface area contributed by atoms with Gasteiger partial charge in [-0.15, -0.1) is 0 Å². The number of nitrogens with one attached hydrogen (secondary N) is 1. The van der Waals surface area contributed by atoms with Crippen LogP contribution in [0.3, 0.4) is 0 Å². The average Bonchev–Trinajstić information content (AvgIpc) is 2.79. The number of hydrogen-bond acceptors (Lipinski definition) is 2. The maximum atomic E-state index is 13.4. The van der Waals surface area contributed by atoms with E-state index in [0.29, 0.717) is 41.8 Å². The molecule has 0 spiro atoms. The number of carbonyl (C=O) groups is 2. The van der Waals surface area contributed by atoms with E-state index in [9.17, 15) is 9.59 Å². The van der Waals surface area contributed by atoms with E-state index in [4.69, 9.17) is 23.2 Å². The van der Waals surface area contributed by atoms with Gasteiger partial charge in [0.1, 0.15) is 6.04 Å². The third kappa shape index (κ3) is 8.04. The van der Waals surface area contributed by atoms with Crippen LogP contribution in [0.25, 0.3) is 0 Å². The van der Waals surface area contributed by atoms with Crippen LogP contribution in [0.1, 0.15) is 76.5 Å². The summed E-state index contributed by atoms with van der Waals surface area (Å²) in [6.07, 6.45) is 2.31. The third-order valence-corrected chi connectivity index (χ3v) is 6.74. The summed E-state index contributed by atoms with van der Waals surface area (Å²) in [7, 11) is 0. The van der Waals surface area contributed by atoms with E-state index in [2.05, 4.69) is 43.4 Å². The van der Waals surface area contributed by atoms with Crippen molar-refractivity contribution in [3.63, 3.8) is 0 Å². The lowest BCUT2D eigenvalue weighted by atomic mass is 10.00. The van der Waals surface area contributed by atoms with Crippen molar-refractivity contribution in [2.24, 2.45) is 0 Å². The fraction of sp³-hybridized carbons (Fsp3) is 0.481. The van der Waals surface area contributed by atoms with Gasteiger partial charge >= 0.3 is 0 Å². The number of benzene rings is 2. The van der Waals surface area contributed by atoms with E-state index in [1.54, 1.807) is 17.0 Å². The molecule has 1 N–H and O–H groups in total. The third-order valence-electron chi connectivity index (χ3n) is 6.00. The molecule has 2 aromatic rings. The highest BCUT2D eigenvalue weighted by molar-refractivity contribution is 6.42. The first kappa shape index (κ1) is 27.2. The summed E-state index contributed by atoms with van der Waals surface area (Å²) in [5, 5.41) is 3.93. The fourth-order valence-electron chi connectivity index (χ4n) is 3.66. The Labute approximate surface area is 208 Å². The van der Waals surface area contributed by atoms with Gasteiger partial charge in [0.05, 0.1) is 10.0 Å². The summed E-state index contributed by atoms with van der Waals surface area (Å²) in [6.45, 7) is 10.5. The Morgan fingerprint density at radius 3 is 2.09 bits per heavy atom. The lowest BCUT2D eigenvalue weighted by Crippen LogP contribution is -2.50. The topological polar surface area (TPSA) is 49.4 Å². The van der Waals surface area contributed by atoms with Crippen LogP contribution in [-0.4, -0.2) is 28.8 Å². The van der Waals surface area contributed by atoms with Gasteiger partial charge in [0, 0.05) is 19.0 Å². The van der Waals surface area contributed by atoms with Crippen molar-refractivity contribution in [1.29, 1.82) is 0 Å². The molecule has 33 heavy (non-hydrogen) atoms. The van der Waals surface area contributed by atoms with Gasteiger partial charge in [-0.25, -0.2) is 0 Å². The largest absolute Gasteiger partial charge is 0.352 e. The average molecular weight is 492 g/mol. The number of carbonyl (C=O) groups excluding carboxylic acids is 2. The predicted octanol–water partition coefficient (Wildman–Crippen LogP) is 6.77. The maximum absolute atomic E-state index is 13.4. The van der Waals surface area contributed by atoms with Crippen LogP contribution < -0.4 is 5.32 Å². The first-order chi connectivity index (χ1) is 15.7. The normalized spacial score (nSPS) is 13.0. The van der Waals surface area contributed by atoms with Crippen LogP contribution in [0, 0.1) is 0 Å². The van der Waals surface area contributed by atoms with Gasteiger partial charge in [0.15, 0.2) is 0 Å².